The number of likely N-dealkylation sites (tertiary alicyclic amines) is 1. The highest BCUT2D eigenvalue weighted by atomic mass is 19.4. The number of alkyl halides is 3. The number of piperidine rings is 1. The van der Waals surface area contributed by atoms with Crippen molar-refractivity contribution in [2.24, 2.45) is 5.92 Å². The molecule has 9 heteroatoms. The van der Waals surface area contributed by atoms with E-state index in [1.54, 1.807) is 23.5 Å². The topological polar surface area (TPSA) is 71.0 Å². The van der Waals surface area contributed by atoms with Gasteiger partial charge in [0.2, 0.25) is 0 Å². The molecule has 0 spiro atoms. The second kappa shape index (κ2) is 7.75. The lowest BCUT2D eigenvalue weighted by Gasteiger charge is -2.39. The quantitative estimate of drug-likeness (QED) is 0.481. The molecule has 6 nitrogen and oxygen atoms in total. The number of H-pyrrole nitrogens is 1. The molecule has 0 saturated carbocycles. The molecule has 1 N–H and O–H groups in total. The molecule has 2 atom stereocenters. The number of fused-ring (bicyclic) bond motifs is 3. The van der Waals surface area contributed by atoms with E-state index in [0.717, 1.165) is 23.0 Å². The molecule has 1 saturated heterocycles. The predicted octanol–water partition coefficient (Wildman–Crippen LogP) is 4.62. The number of halogens is 3. The summed E-state index contributed by atoms with van der Waals surface area (Å²) in [4.78, 5) is 34.6. The molecule has 1 fully saturated rings. The zero-order valence-corrected chi connectivity index (χ0v) is 17.8. The van der Waals surface area contributed by atoms with E-state index in [1.165, 1.54) is 18.2 Å². The van der Waals surface area contributed by atoms with Crippen molar-refractivity contribution in [1.82, 2.24) is 19.4 Å². The van der Waals surface area contributed by atoms with Gasteiger partial charge in [-0.3, -0.25) is 9.59 Å². The van der Waals surface area contributed by atoms with Crippen molar-refractivity contribution in [1.29, 1.82) is 0 Å². The van der Waals surface area contributed by atoms with E-state index in [-0.39, 0.29) is 23.0 Å². The molecule has 0 aliphatic carbocycles. The summed E-state index contributed by atoms with van der Waals surface area (Å²) in [5.74, 6) is -0.250. The Kier molecular flexibility index (Phi) is 4.99. The second-order valence-corrected chi connectivity index (χ2v) is 8.51. The van der Waals surface area contributed by atoms with E-state index in [0.29, 0.717) is 30.5 Å². The van der Waals surface area contributed by atoms with Gasteiger partial charge in [-0.1, -0.05) is 13.0 Å². The summed E-state index contributed by atoms with van der Waals surface area (Å²) in [5, 5.41) is 1.29. The van der Waals surface area contributed by atoms with Gasteiger partial charge in [0, 0.05) is 48.7 Å². The third kappa shape index (κ3) is 3.67. The number of carbonyl (C=O) groups is 1. The maximum atomic E-state index is 13.1. The normalized spacial score (nSPS) is 19.3. The number of hydrogen-bond acceptors (Lipinski definition) is 3. The van der Waals surface area contributed by atoms with Crippen LogP contribution < -0.4 is 5.43 Å². The summed E-state index contributed by atoms with van der Waals surface area (Å²) in [7, 11) is 0. The third-order valence-electron chi connectivity index (χ3n) is 6.47. The zero-order chi connectivity index (χ0) is 23.3. The fourth-order valence-electron chi connectivity index (χ4n) is 4.65. The Morgan fingerprint density at radius 3 is 2.79 bits per heavy atom. The Morgan fingerprint density at radius 1 is 1.18 bits per heavy atom. The van der Waals surface area contributed by atoms with Crippen LogP contribution in [-0.2, 0) is 6.18 Å². The van der Waals surface area contributed by atoms with Gasteiger partial charge in [-0.2, -0.15) is 13.2 Å². The Bertz CT molecular complexity index is 1420. The highest BCUT2D eigenvalue weighted by Crippen LogP contribution is 2.33. The fourth-order valence-corrected chi connectivity index (χ4v) is 4.65. The van der Waals surface area contributed by atoms with E-state index in [1.807, 2.05) is 10.6 Å². The first-order valence-corrected chi connectivity index (χ1v) is 10.7. The first-order chi connectivity index (χ1) is 15.7. The van der Waals surface area contributed by atoms with Gasteiger partial charge >= 0.3 is 6.18 Å². The van der Waals surface area contributed by atoms with Gasteiger partial charge in [-0.05, 0) is 36.6 Å². The average Bonchev–Trinajstić information content (AvgIpc) is 3.28. The van der Waals surface area contributed by atoms with Crippen LogP contribution in [0.15, 0.2) is 59.8 Å². The Hall–Kier alpha value is -3.62. The number of benzene rings is 1. The number of nitrogens with zero attached hydrogens (tertiary/aromatic N) is 3. The number of hydrogen-bond donors (Lipinski definition) is 1. The zero-order valence-electron chi connectivity index (χ0n) is 17.8. The molecule has 5 rings (SSSR count). The number of aromatic amines is 1. The van der Waals surface area contributed by atoms with Gasteiger partial charge in [0.05, 0.1) is 22.5 Å². The van der Waals surface area contributed by atoms with Crippen molar-refractivity contribution < 1.29 is 18.0 Å². The minimum atomic E-state index is -4.51. The molecule has 33 heavy (non-hydrogen) atoms. The molecule has 1 amide bonds. The van der Waals surface area contributed by atoms with Crippen LogP contribution in [-0.4, -0.2) is 38.4 Å². The standard InChI is InChI=1S/C24H21F3N4O2/c1-14-6-9-30(23(33)15-3-2-4-16(11-15)24(25,26)27)13-19(14)31-10-7-20(32)18-12-29-22-17(21(18)31)5-8-28-22/h2-5,7-8,10-12,14,19H,6,9,13H2,1H3,(H,28,29). The van der Waals surface area contributed by atoms with Gasteiger partial charge in [0.1, 0.15) is 5.65 Å². The summed E-state index contributed by atoms with van der Waals surface area (Å²) in [5.41, 5.74) is 0.419. The fraction of sp³-hybridized carbons (Fsp3) is 0.292. The maximum absolute atomic E-state index is 13.1. The molecule has 0 bridgehead atoms. The Balaban J connectivity index is 1.54. The molecule has 1 aliphatic heterocycles. The summed E-state index contributed by atoms with van der Waals surface area (Å²) in [6.07, 6.45) is 1.21. The number of aromatic nitrogens is 3. The molecule has 3 aromatic heterocycles. The van der Waals surface area contributed by atoms with Crippen LogP contribution in [0.5, 0.6) is 0 Å². The summed E-state index contributed by atoms with van der Waals surface area (Å²) in [6, 6.07) is 7.72. The molecule has 2 unspecified atom stereocenters. The minimum absolute atomic E-state index is 0.0140. The van der Waals surface area contributed by atoms with E-state index in [9.17, 15) is 22.8 Å². The van der Waals surface area contributed by atoms with Crippen LogP contribution in [0.1, 0.15) is 35.3 Å². The summed E-state index contributed by atoms with van der Waals surface area (Å²) < 4.78 is 41.4. The smallest absolute Gasteiger partial charge is 0.346 e. The van der Waals surface area contributed by atoms with Crippen molar-refractivity contribution in [2.75, 3.05) is 13.1 Å². The van der Waals surface area contributed by atoms with Crippen molar-refractivity contribution in [3.05, 3.63) is 76.3 Å². The molecule has 4 aromatic rings. The van der Waals surface area contributed by atoms with Crippen LogP contribution in [0.3, 0.4) is 0 Å². The van der Waals surface area contributed by atoms with E-state index < -0.39 is 17.6 Å². The highest BCUT2D eigenvalue weighted by molar-refractivity contribution is 6.02. The van der Waals surface area contributed by atoms with Gasteiger partial charge < -0.3 is 14.5 Å². The first-order valence-electron chi connectivity index (χ1n) is 10.7. The van der Waals surface area contributed by atoms with Crippen LogP contribution in [0, 0.1) is 5.92 Å². The number of amides is 1. The van der Waals surface area contributed by atoms with Gasteiger partial charge in [0.25, 0.3) is 5.91 Å². The Morgan fingerprint density at radius 2 is 2.00 bits per heavy atom. The van der Waals surface area contributed by atoms with Gasteiger partial charge in [0.15, 0.2) is 5.43 Å². The first kappa shape index (κ1) is 21.2. The lowest BCUT2D eigenvalue weighted by atomic mass is 9.92. The van der Waals surface area contributed by atoms with Crippen molar-refractivity contribution >= 4 is 27.8 Å². The van der Waals surface area contributed by atoms with Crippen molar-refractivity contribution in [2.45, 2.75) is 25.6 Å². The van der Waals surface area contributed by atoms with Gasteiger partial charge in [-0.15, -0.1) is 0 Å². The predicted molar refractivity (Wildman–Crippen MR) is 118 cm³/mol. The molecule has 1 aromatic carbocycles. The van der Waals surface area contributed by atoms with Crippen LogP contribution in [0.4, 0.5) is 13.2 Å². The lowest BCUT2D eigenvalue weighted by molar-refractivity contribution is -0.137. The molecule has 0 radical (unpaired) electrons. The van der Waals surface area contributed by atoms with Crippen LogP contribution in [0.25, 0.3) is 21.9 Å². The summed E-state index contributed by atoms with van der Waals surface area (Å²) in [6.45, 7) is 2.85. The average molecular weight is 454 g/mol. The molecule has 4 heterocycles. The minimum Gasteiger partial charge on any atom is -0.346 e. The second-order valence-electron chi connectivity index (χ2n) is 8.51. The number of pyridine rings is 2. The molecular formula is C24H21F3N4O2. The van der Waals surface area contributed by atoms with Crippen LogP contribution >= 0.6 is 0 Å². The van der Waals surface area contributed by atoms with Gasteiger partial charge in [-0.25, -0.2) is 4.98 Å². The highest BCUT2D eigenvalue weighted by Gasteiger charge is 2.34. The summed E-state index contributed by atoms with van der Waals surface area (Å²) >= 11 is 0. The molecular weight excluding hydrogens is 433 g/mol. The van der Waals surface area contributed by atoms with Crippen LogP contribution in [0.2, 0.25) is 0 Å². The monoisotopic (exact) mass is 454 g/mol. The van der Waals surface area contributed by atoms with E-state index in [2.05, 4.69) is 16.9 Å². The Labute approximate surface area is 186 Å². The van der Waals surface area contributed by atoms with Crippen molar-refractivity contribution in [3.63, 3.8) is 0 Å². The van der Waals surface area contributed by atoms with Crippen molar-refractivity contribution in [3.8, 4) is 0 Å². The number of rotatable bonds is 2. The lowest BCUT2D eigenvalue weighted by Crippen LogP contribution is -2.44. The number of carbonyl (C=O) groups excluding carboxylic acids is 1. The maximum Gasteiger partial charge on any atom is 0.416 e. The number of nitrogens with one attached hydrogen (secondary N) is 1. The largest absolute Gasteiger partial charge is 0.416 e. The van der Waals surface area contributed by atoms with E-state index >= 15 is 0 Å². The molecule has 170 valence electrons. The third-order valence-corrected chi connectivity index (χ3v) is 6.47. The molecule has 1 aliphatic rings. The SMILES string of the molecule is CC1CCN(C(=O)c2cccc(C(F)(F)F)c2)CC1n1ccc(=O)c2cnc3[nH]ccc3c21. The van der Waals surface area contributed by atoms with E-state index in [4.69, 9.17) is 0 Å².